The Morgan fingerprint density at radius 3 is 2.86 bits per heavy atom. The largest absolute Gasteiger partial charge is 0.466 e. The molecule has 0 N–H and O–H groups in total. The maximum absolute atomic E-state index is 11.4. The quantitative estimate of drug-likeness (QED) is 0.602. The molecule has 0 saturated carbocycles. The first-order valence-electron chi connectivity index (χ1n) is 5.03. The van der Waals surface area contributed by atoms with E-state index in [9.17, 15) is 9.59 Å². The number of ether oxygens (including phenoxy) is 1. The van der Waals surface area contributed by atoms with Crippen LogP contribution in [0.4, 0.5) is 0 Å². The summed E-state index contributed by atoms with van der Waals surface area (Å²) in [5, 5.41) is 0. The van der Waals surface area contributed by atoms with E-state index in [4.69, 9.17) is 0 Å². The third-order valence-electron chi connectivity index (χ3n) is 2.39. The molecule has 0 atom stereocenters. The average Bonchev–Trinajstić information content (AvgIpc) is 2.29. The molecule has 0 radical (unpaired) electrons. The molecule has 1 aliphatic carbocycles. The molecule has 3 heteroatoms. The Bertz CT molecular complexity index is 253. The van der Waals surface area contributed by atoms with Gasteiger partial charge in [0.2, 0.25) is 0 Å². The molecule has 3 nitrogen and oxygen atoms in total. The van der Waals surface area contributed by atoms with E-state index in [2.05, 4.69) is 4.74 Å². The second-order valence-electron chi connectivity index (χ2n) is 3.54. The van der Waals surface area contributed by atoms with Crippen molar-refractivity contribution >= 4 is 11.8 Å². The molecular formula is C11H16O3. The molecule has 1 rings (SSSR count). The summed E-state index contributed by atoms with van der Waals surface area (Å²) in [6, 6.07) is 0. The molecule has 0 saturated heterocycles. The molecule has 0 spiro atoms. The highest BCUT2D eigenvalue weighted by molar-refractivity contribution is 5.95. The fourth-order valence-corrected chi connectivity index (χ4v) is 1.58. The van der Waals surface area contributed by atoms with E-state index in [-0.39, 0.29) is 18.2 Å². The van der Waals surface area contributed by atoms with Crippen molar-refractivity contribution in [3.63, 3.8) is 0 Å². The number of hydrogen-bond donors (Lipinski definition) is 0. The number of rotatable bonds is 1. The van der Waals surface area contributed by atoms with E-state index < -0.39 is 0 Å². The van der Waals surface area contributed by atoms with Crippen molar-refractivity contribution in [3.05, 3.63) is 11.6 Å². The van der Waals surface area contributed by atoms with Crippen molar-refractivity contribution in [2.24, 2.45) is 0 Å². The summed E-state index contributed by atoms with van der Waals surface area (Å²) < 4.78 is 4.62. The second-order valence-corrected chi connectivity index (χ2v) is 3.54. The molecule has 0 aromatic rings. The van der Waals surface area contributed by atoms with Gasteiger partial charge in [-0.25, -0.2) is 4.79 Å². The number of hydrogen-bond acceptors (Lipinski definition) is 3. The first-order chi connectivity index (χ1) is 6.74. The summed E-state index contributed by atoms with van der Waals surface area (Å²) >= 11 is 0. The van der Waals surface area contributed by atoms with E-state index in [0.717, 1.165) is 25.7 Å². The number of carbonyl (C=O) groups is 2. The molecule has 14 heavy (non-hydrogen) atoms. The number of Topliss-reactive ketones (excluding diaryl/α,β-unsaturated/α-hetero) is 1. The van der Waals surface area contributed by atoms with Crippen LogP contribution in [-0.2, 0) is 14.3 Å². The minimum Gasteiger partial charge on any atom is -0.466 e. The van der Waals surface area contributed by atoms with Crippen LogP contribution in [-0.4, -0.2) is 18.9 Å². The maximum Gasteiger partial charge on any atom is 0.333 e. The smallest absolute Gasteiger partial charge is 0.333 e. The van der Waals surface area contributed by atoms with E-state index in [1.54, 1.807) is 0 Å². The highest BCUT2D eigenvalue weighted by Crippen LogP contribution is 2.15. The van der Waals surface area contributed by atoms with E-state index in [0.29, 0.717) is 12.0 Å². The zero-order chi connectivity index (χ0) is 10.4. The van der Waals surface area contributed by atoms with Crippen LogP contribution < -0.4 is 0 Å². The summed E-state index contributed by atoms with van der Waals surface area (Å²) in [5.41, 5.74) is 0.527. The lowest BCUT2D eigenvalue weighted by Crippen LogP contribution is -2.09. The van der Waals surface area contributed by atoms with Crippen molar-refractivity contribution < 1.29 is 14.3 Å². The molecular weight excluding hydrogens is 180 g/mol. The van der Waals surface area contributed by atoms with Crippen LogP contribution in [0.15, 0.2) is 11.6 Å². The van der Waals surface area contributed by atoms with Gasteiger partial charge in [0.05, 0.1) is 7.11 Å². The Morgan fingerprint density at radius 1 is 1.36 bits per heavy atom. The van der Waals surface area contributed by atoms with Gasteiger partial charge in [-0.05, 0) is 19.3 Å². The van der Waals surface area contributed by atoms with Gasteiger partial charge in [0.25, 0.3) is 0 Å². The highest BCUT2D eigenvalue weighted by Gasteiger charge is 2.14. The molecule has 0 aromatic carbocycles. The monoisotopic (exact) mass is 196 g/mol. The average molecular weight is 196 g/mol. The van der Waals surface area contributed by atoms with Crippen LogP contribution in [0.3, 0.4) is 0 Å². The lowest BCUT2D eigenvalue weighted by atomic mass is 10.1. The SMILES string of the molecule is COC(=O)/C1=C/CCCCCC(=O)C1. The van der Waals surface area contributed by atoms with Gasteiger partial charge < -0.3 is 4.74 Å². The van der Waals surface area contributed by atoms with Gasteiger partial charge in [0, 0.05) is 18.4 Å². The molecule has 0 unspecified atom stereocenters. The Kier molecular flexibility index (Phi) is 4.36. The standard InChI is InChI=1S/C11H16O3/c1-14-11(13)9-6-4-2-3-5-7-10(12)8-9/h6H,2-5,7-8H2,1H3/b9-6+. The highest BCUT2D eigenvalue weighted by atomic mass is 16.5. The number of esters is 1. The van der Waals surface area contributed by atoms with Gasteiger partial charge in [-0.15, -0.1) is 0 Å². The molecule has 1 aliphatic rings. The third kappa shape index (κ3) is 3.32. The summed E-state index contributed by atoms with van der Waals surface area (Å²) in [5.74, 6) is -0.219. The normalized spacial score (nSPS) is 22.6. The molecule has 0 heterocycles. The van der Waals surface area contributed by atoms with Crippen molar-refractivity contribution in [1.29, 1.82) is 0 Å². The predicted molar refractivity (Wildman–Crippen MR) is 52.8 cm³/mol. The minimum absolute atomic E-state index is 0.142. The molecule has 0 aliphatic heterocycles. The van der Waals surface area contributed by atoms with Gasteiger partial charge in [-0.2, -0.15) is 0 Å². The first kappa shape index (κ1) is 11.0. The van der Waals surface area contributed by atoms with Gasteiger partial charge in [-0.1, -0.05) is 12.5 Å². The van der Waals surface area contributed by atoms with Crippen LogP contribution in [0.1, 0.15) is 38.5 Å². The lowest BCUT2D eigenvalue weighted by molar-refractivity contribution is -0.137. The second kappa shape index (κ2) is 5.58. The Morgan fingerprint density at radius 2 is 2.14 bits per heavy atom. The zero-order valence-corrected chi connectivity index (χ0v) is 8.54. The first-order valence-corrected chi connectivity index (χ1v) is 5.03. The predicted octanol–water partition coefficient (Wildman–Crippen LogP) is 2.01. The molecule has 0 bridgehead atoms. The van der Waals surface area contributed by atoms with Crippen molar-refractivity contribution in [1.82, 2.24) is 0 Å². The van der Waals surface area contributed by atoms with Crippen LogP contribution in [0.5, 0.6) is 0 Å². The molecule has 0 amide bonds. The molecule has 0 fully saturated rings. The number of methoxy groups -OCH3 is 1. The van der Waals surface area contributed by atoms with Crippen molar-refractivity contribution in [2.45, 2.75) is 38.5 Å². The zero-order valence-electron chi connectivity index (χ0n) is 8.54. The summed E-state index contributed by atoms with van der Waals surface area (Å²) in [7, 11) is 1.35. The summed E-state index contributed by atoms with van der Waals surface area (Å²) in [6.07, 6.45) is 6.61. The minimum atomic E-state index is -0.361. The van der Waals surface area contributed by atoms with Gasteiger partial charge in [-0.3, -0.25) is 4.79 Å². The number of ketones is 1. The maximum atomic E-state index is 11.4. The molecule has 78 valence electrons. The van der Waals surface area contributed by atoms with Gasteiger partial charge in [0.15, 0.2) is 0 Å². The van der Waals surface area contributed by atoms with Crippen LogP contribution in [0.2, 0.25) is 0 Å². The van der Waals surface area contributed by atoms with Crippen molar-refractivity contribution in [3.8, 4) is 0 Å². The van der Waals surface area contributed by atoms with Crippen LogP contribution >= 0.6 is 0 Å². The fourth-order valence-electron chi connectivity index (χ4n) is 1.58. The van der Waals surface area contributed by atoms with Gasteiger partial charge in [0.1, 0.15) is 5.78 Å². The van der Waals surface area contributed by atoms with Gasteiger partial charge >= 0.3 is 5.97 Å². The summed E-state index contributed by atoms with van der Waals surface area (Å²) in [6.45, 7) is 0. The lowest BCUT2D eigenvalue weighted by Gasteiger charge is -2.02. The van der Waals surface area contributed by atoms with Crippen molar-refractivity contribution in [2.75, 3.05) is 7.11 Å². The topological polar surface area (TPSA) is 43.4 Å². The Hall–Kier alpha value is -1.12. The van der Waals surface area contributed by atoms with Crippen LogP contribution in [0, 0.1) is 0 Å². The third-order valence-corrected chi connectivity index (χ3v) is 2.39. The molecule has 0 aromatic heterocycles. The number of allylic oxidation sites excluding steroid dienone is 1. The summed E-state index contributed by atoms with van der Waals surface area (Å²) in [4.78, 5) is 22.6. The van der Waals surface area contributed by atoms with E-state index in [1.807, 2.05) is 6.08 Å². The van der Waals surface area contributed by atoms with E-state index >= 15 is 0 Å². The fraction of sp³-hybridized carbons (Fsp3) is 0.636. The Labute approximate surface area is 84.1 Å². The Balaban J connectivity index is 2.67. The number of carbonyl (C=O) groups excluding carboxylic acids is 2. The van der Waals surface area contributed by atoms with E-state index in [1.165, 1.54) is 7.11 Å². The van der Waals surface area contributed by atoms with Crippen LogP contribution in [0.25, 0.3) is 0 Å².